The number of ether oxygens (including phenoxy) is 2. The third-order valence-electron chi connectivity index (χ3n) is 3.04. The lowest BCUT2D eigenvalue weighted by atomic mass is 10.1. The monoisotopic (exact) mass is 460 g/mol. The lowest BCUT2D eigenvalue weighted by Crippen LogP contribution is -2.07. The molecule has 122 valence electrons. The fourth-order valence-electron chi connectivity index (χ4n) is 1.99. The van der Waals surface area contributed by atoms with E-state index in [1.54, 1.807) is 25.1 Å². The molecule has 3 nitrogen and oxygen atoms in total. The van der Waals surface area contributed by atoms with Crippen molar-refractivity contribution >= 4 is 49.4 Å². The van der Waals surface area contributed by atoms with Gasteiger partial charge in [0.25, 0.3) is 0 Å². The van der Waals surface area contributed by atoms with Gasteiger partial charge in [-0.2, -0.15) is 0 Å². The molecule has 2 aromatic rings. The summed E-state index contributed by atoms with van der Waals surface area (Å²) >= 11 is 13.1. The van der Waals surface area contributed by atoms with E-state index < -0.39 is 0 Å². The fourth-order valence-corrected chi connectivity index (χ4v) is 2.99. The summed E-state index contributed by atoms with van der Waals surface area (Å²) in [5.74, 6) is 0.948. The van der Waals surface area contributed by atoms with E-state index in [9.17, 15) is 4.79 Å². The van der Waals surface area contributed by atoms with Crippen LogP contribution in [-0.2, 0) is 21.3 Å². The molecule has 0 bridgehead atoms. The van der Waals surface area contributed by atoms with Gasteiger partial charge in [-0.05, 0) is 42.8 Å². The van der Waals surface area contributed by atoms with Gasteiger partial charge < -0.3 is 9.47 Å². The summed E-state index contributed by atoms with van der Waals surface area (Å²) in [5, 5.41) is 1.14. The smallest absolute Gasteiger partial charge is 0.310 e. The number of carbonyl (C=O) groups is 1. The second-order valence-corrected chi connectivity index (χ2v) is 6.62. The second kappa shape index (κ2) is 8.71. The average Bonchev–Trinajstić information content (AvgIpc) is 2.52. The summed E-state index contributed by atoms with van der Waals surface area (Å²) in [7, 11) is 0. The van der Waals surface area contributed by atoms with Crippen LogP contribution in [0.4, 0.5) is 0 Å². The summed E-state index contributed by atoms with van der Waals surface area (Å²) in [6.45, 7) is 2.15. The first-order chi connectivity index (χ1) is 11.0. The van der Waals surface area contributed by atoms with Crippen LogP contribution in [-0.4, -0.2) is 12.6 Å². The summed E-state index contributed by atoms with van der Waals surface area (Å²) in [6.07, 6.45) is 0.188. The quantitative estimate of drug-likeness (QED) is 0.396. The van der Waals surface area contributed by atoms with Gasteiger partial charge >= 0.3 is 5.97 Å². The minimum absolute atomic E-state index is 0.188. The second-order valence-electron chi connectivity index (χ2n) is 4.73. The molecule has 0 aliphatic heterocycles. The van der Waals surface area contributed by atoms with Crippen LogP contribution in [0.25, 0.3) is 0 Å². The first-order valence-electron chi connectivity index (χ1n) is 6.99. The van der Waals surface area contributed by atoms with Crippen LogP contribution >= 0.6 is 43.5 Å². The lowest BCUT2D eigenvalue weighted by molar-refractivity contribution is -0.142. The van der Waals surface area contributed by atoms with Crippen molar-refractivity contribution in [2.75, 3.05) is 6.61 Å². The zero-order chi connectivity index (χ0) is 16.8. The molecule has 0 radical (unpaired) electrons. The van der Waals surface area contributed by atoms with Crippen molar-refractivity contribution in [2.24, 2.45) is 0 Å². The number of esters is 1. The van der Waals surface area contributed by atoms with Crippen molar-refractivity contribution < 1.29 is 14.3 Å². The molecule has 0 spiro atoms. The van der Waals surface area contributed by atoms with Gasteiger partial charge in [-0.25, -0.2) is 0 Å². The minimum atomic E-state index is -0.273. The minimum Gasteiger partial charge on any atom is -0.466 e. The molecular formula is C17H15Br2ClO3. The molecule has 0 saturated heterocycles. The number of rotatable bonds is 6. The number of benzene rings is 2. The number of alkyl halides is 1. The summed E-state index contributed by atoms with van der Waals surface area (Å²) in [5.41, 5.74) is 1.78. The Bertz CT molecular complexity index is 704. The number of carbonyl (C=O) groups excluding carboxylic acids is 1. The van der Waals surface area contributed by atoms with Crippen LogP contribution in [0.1, 0.15) is 18.1 Å². The number of halogens is 3. The molecule has 6 heteroatoms. The standard InChI is InChI=1S/C17H15Br2ClO3/c1-2-22-17(21)8-11-3-5-14(20)16(7-11)23-15-6-4-13(19)9-12(15)10-18/h3-7,9H,2,8,10H2,1H3. The van der Waals surface area contributed by atoms with E-state index in [4.69, 9.17) is 21.1 Å². The van der Waals surface area contributed by atoms with Gasteiger partial charge in [-0.3, -0.25) is 4.79 Å². The zero-order valence-corrected chi connectivity index (χ0v) is 16.4. The SMILES string of the molecule is CCOC(=O)Cc1ccc(Cl)c(Oc2ccc(Br)cc2CBr)c1. The van der Waals surface area contributed by atoms with Gasteiger partial charge in [0, 0.05) is 15.4 Å². The van der Waals surface area contributed by atoms with Gasteiger partial charge in [0.2, 0.25) is 0 Å². The molecule has 0 saturated carbocycles. The summed E-state index contributed by atoms with van der Waals surface area (Å²) in [6, 6.07) is 11.0. The first-order valence-corrected chi connectivity index (χ1v) is 9.29. The Balaban J connectivity index is 2.24. The normalized spacial score (nSPS) is 10.4. The van der Waals surface area contributed by atoms with Crippen LogP contribution in [0.2, 0.25) is 5.02 Å². The molecule has 0 atom stereocenters. The van der Waals surface area contributed by atoms with E-state index in [0.717, 1.165) is 15.6 Å². The molecule has 0 amide bonds. The fraction of sp³-hybridized carbons (Fsp3) is 0.235. The van der Waals surface area contributed by atoms with Gasteiger partial charge in [-0.15, -0.1) is 0 Å². The van der Waals surface area contributed by atoms with E-state index in [0.29, 0.717) is 28.5 Å². The topological polar surface area (TPSA) is 35.5 Å². The summed E-state index contributed by atoms with van der Waals surface area (Å²) < 4.78 is 11.9. The van der Waals surface area contributed by atoms with Crippen LogP contribution < -0.4 is 4.74 Å². The zero-order valence-electron chi connectivity index (χ0n) is 12.4. The molecule has 23 heavy (non-hydrogen) atoms. The van der Waals surface area contributed by atoms with Crippen molar-refractivity contribution in [3.05, 3.63) is 57.0 Å². The maximum Gasteiger partial charge on any atom is 0.310 e. The van der Waals surface area contributed by atoms with Crippen molar-refractivity contribution in [3.63, 3.8) is 0 Å². The number of hydrogen-bond donors (Lipinski definition) is 0. The highest BCUT2D eigenvalue weighted by Crippen LogP contribution is 2.34. The average molecular weight is 463 g/mol. The maximum atomic E-state index is 11.6. The van der Waals surface area contributed by atoms with E-state index in [1.807, 2.05) is 18.2 Å². The molecule has 0 fully saturated rings. The number of hydrogen-bond acceptors (Lipinski definition) is 3. The van der Waals surface area contributed by atoms with Gasteiger partial charge in [0.05, 0.1) is 18.1 Å². The highest BCUT2D eigenvalue weighted by molar-refractivity contribution is 9.10. The van der Waals surface area contributed by atoms with Crippen LogP contribution in [0.5, 0.6) is 11.5 Å². The maximum absolute atomic E-state index is 11.6. The Kier molecular flexibility index (Phi) is 6.93. The molecule has 0 aliphatic rings. The van der Waals surface area contributed by atoms with Crippen molar-refractivity contribution in [1.29, 1.82) is 0 Å². The molecule has 0 heterocycles. The Labute approximate surface area is 157 Å². The molecule has 0 N–H and O–H groups in total. The highest BCUT2D eigenvalue weighted by Gasteiger charge is 2.11. The molecule has 0 unspecified atom stereocenters. The van der Waals surface area contributed by atoms with E-state index in [-0.39, 0.29) is 12.4 Å². The Morgan fingerprint density at radius 2 is 1.96 bits per heavy atom. The first kappa shape index (κ1) is 18.3. The highest BCUT2D eigenvalue weighted by atomic mass is 79.9. The van der Waals surface area contributed by atoms with E-state index in [1.165, 1.54) is 0 Å². The third-order valence-corrected chi connectivity index (χ3v) is 4.45. The van der Waals surface area contributed by atoms with Crippen LogP contribution in [0, 0.1) is 0 Å². The molecular weight excluding hydrogens is 447 g/mol. The Hall–Kier alpha value is -1.04. The molecule has 0 aliphatic carbocycles. The van der Waals surface area contributed by atoms with Crippen molar-refractivity contribution in [1.82, 2.24) is 0 Å². The van der Waals surface area contributed by atoms with Crippen LogP contribution in [0.3, 0.4) is 0 Å². The largest absolute Gasteiger partial charge is 0.466 e. The van der Waals surface area contributed by atoms with Gasteiger partial charge in [-0.1, -0.05) is 49.5 Å². The van der Waals surface area contributed by atoms with Crippen molar-refractivity contribution in [2.45, 2.75) is 18.7 Å². The molecule has 2 aromatic carbocycles. The Morgan fingerprint density at radius 3 is 2.65 bits per heavy atom. The van der Waals surface area contributed by atoms with Gasteiger partial charge in [0.1, 0.15) is 11.5 Å². The Morgan fingerprint density at radius 1 is 1.17 bits per heavy atom. The molecule has 0 aromatic heterocycles. The summed E-state index contributed by atoms with van der Waals surface area (Å²) in [4.78, 5) is 11.6. The predicted molar refractivity (Wildman–Crippen MR) is 98.6 cm³/mol. The van der Waals surface area contributed by atoms with Crippen molar-refractivity contribution in [3.8, 4) is 11.5 Å². The molecule has 2 rings (SSSR count). The van der Waals surface area contributed by atoms with Gasteiger partial charge in [0.15, 0.2) is 0 Å². The van der Waals surface area contributed by atoms with E-state index in [2.05, 4.69) is 31.9 Å². The van der Waals surface area contributed by atoms with Crippen LogP contribution in [0.15, 0.2) is 40.9 Å². The third kappa shape index (κ3) is 5.23. The predicted octanol–water partition coefficient (Wildman–Crippen LogP) is 5.90. The lowest BCUT2D eigenvalue weighted by Gasteiger charge is -2.12. The van der Waals surface area contributed by atoms with E-state index >= 15 is 0 Å².